The Morgan fingerprint density at radius 1 is 1.12 bits per heavy atom. The van der Waals surface area contributed by atoms with Gasteiger partial charge >= 0.3 is 0 Å². The van der Waals surface area contributed by atoms with E-state index in [9.17, 15) is 4.79 Å². The second-order valence-electron chi connectivity index (χ2n) is 7.19. The van der Waals surface area contributed by atoms with Crippen LogP contribution in [0, 0.1) is 11.3 Å². The molecule has 0 fully saturated rings. The monoisotopic (exact) mass is 348 g/mol. The van der Waals surface area contributed by atoms with E-state index in [1.165, 1.54) is 18.4 Å². The number of carbonyl (C=O) groups excluding carboxylic acids is 1. The minimum atomic E-state index is -0.0609. The lowest BCUT2D eigenvalue weighted by atomic mass is 9.74. The van der Waals surface area contributed by atoms with Gasteiger partial charge in [-0.15, -0.1) is 0 Å². The summed E-state index contributed by atoms with van der Waals surface area (Å²) in [4.78, 5) is 11.4. The first-order valence-electron chi connectivity index (χ1n) is 9.37. The largest absolute Gasteiger partial charge is 0.303 e. The van der Waals surface area contributed by atoms with Crippen molar-refractivity contribution in [2.45, 2.75) is 72.1 Å². The zero-order chi connectivity index (χ0) is 18.0. The van der Waals surface area contributed by atoms with Gasteiger partial charge in [0.1, 0.15) is 6.29 Å². The summed E-state index contributed by atoms with van der Waals surface area (Å²) in [6.45, 7) is 8.68. The standard InChI is InChI=1S/C22H33ClO/c1-5-7-9-19(20-10-12-21(23)13-11-20)14-16-22(4,15-8-6-2)18(3)17-24/h10-14,16-19H,5-9,15H2,1-4H3/b16-14+/t18-,19-,22-/m0/s1. The molecule has 3 atom stereocenters. The van der Waals surface area contributed by atoms with Gasteiger partial charge in [-0.1, -0.05) is 89.3 Å². The van der Waals surface area contributed by atoms with E-state index in [0.717, 1.165) is 37.0 Å². The Morgan fingerprint density at radius 3 is 2.29 bits per heavy atom. The van der Waals surface area contributed by atoms with Gasteiger partial charge in [0.05, 0.1) is 0 Å². The zero-order valence-corrected chi connectivity index (χ0v) is 16.5. The van der Waals surface area contributed by atoms with Crippen LogP contribution in [0.4, 0.5) is 0 Å². The van der Waals surface area contributed by atoms with E-state index in [4.69, 9.17) is 11.6 Å². The van der Waals surface area contributed by atoms with Gasteiger partial charge in [0.25, 0.3) is 0 Å². The van der Waals surface area contributed by atoms with Crippen molar-refractivity contribution in [2.24, 2.45) is 11.3 Å². The lowest BCUT2D eigenvalue weighted by molar-refractivity contribution is -0.113. The van der Waals surface area contributed by atoms with Gasteiger partial charge in [0, 0.05) is 16.9 Å². The smallest absolute Gasteiger partial charge is 0.123 e. The molecule has 0 saturated carbocycles. The van der Waals surface area contributed by atoms with Crippen LogP contribution in [0.3, 0.4) is 0 Å². The number of allylic oxidation sites excluding steroid dienone is 2. The van der Waals surface area contributed by atoms with E-state index < -0.39 is 0 Å². The lowest BCUT2D eigenvalue weighted by Crippen LogP contribution is -2.24. The maximum atomic E-state index is 11.4. The quantitative estimate of drug-likeness (QED) is 0.305. The van der Waals surface area contributed by atoms with Crippen LogP contribution >= 0.6 is 11.6 Å². The van der Waals surface area contributed by atoms with Crippen molar-refractivity contribution >= 4 is 17.9 Å². The average molecular weight is 349 g/mol. The molecular formula is C22H33ClO. The van der Waals surface area contributed by atoms with Crippen molar-refractivity contribution in [3.8, 4) is 0 Å². The predicted molar refractivity (Wildman–Crippen MR) is 106 cm³/mol. The summed E-state index contributed by atoms with van der Waals surface area (Å²) in [6.07, 6.45) is 12.6. The topological polar surface area (TPSA) is 17.1 Å². The zero-order valence-electron chi connectivity index (χ0n) is 15.7. The van der Waals surface area contributed by atoms with Gasteiger partial charge in [0.2, 0.25) is 0 Å². The summed E-state index contributed by atoms with van der Waals surface area (Å²) < 4.78 is 0. The molecule has 24 heavy (non-hydrogen) atoms. The van der Waals surface area contributed by atoms with E-state index in [-0.39, 0.29) is 11.3 Å². The molecule has 0 aromatic heterocycles. The predicted octanol–water partition coefficient (Wildman–Crippen LogP) is 7.20. The Balaban J connectivity index is 3.01. The highest BCUT2D eigenvalue weighted by Crippen LogP contribution is 2.36. The van der Waals surface area contributed by atoms with Crippen molar-refractivity contribution in [3.05, 3.63) is 47.0 Å². The summed E-state index contributed by atoms with van der Waals surface area (Å²) in [5.74, 6) is 0.430. The highest BCUT2D eigenvalue weighted by Gasteiger charge is 2.27. The van der Waals surface area contributed by atoms with E-state index in [1.54, 1.807) is 0 Å². The molecule has 1 aromatic rings. The van der Waals surface area contributed by atoms with Gasteiger partial charge in [-0.25, -0.2) is 0 Å². The molecule has 2 heteroatoms. The maximum Gasteiger partial charge on any atom is 0.123 e. The molecule has 0 aliphatic rings. The second-order valence-corrected chi connectivity index (χ2v) is 7.63. The highest BCUT2D eigenvalue weighted by atomic mass is 35.5. The number of halogens is 1. The molecule has 0 unspecified atom stereocenters. The van der Waals surface area contributed by atoms with Crippen LogP contribution in [0.25, 0.3) is 0 Å². The molecule has 0 aliphatic heterocycles. The van der Waals surface area contributed by atoms with E-state index in [2.05, 4.69) is 45.1 Å². The Kier molecular flexibility index (Phi) is 9.36. The van der Waals surface area contributed by atoms with Crippen molar-refractivity contribution in [3.63, 3.8) is 0 Å². The van der Waals surface area contributed by atoms with Crippen molar-refractivity contribution in [1.82, 2.24) is 0 Å². The molecule has 0 radical (unpaired) electrons. The fourth-order valence-electron chi connectivity index (χ4n) is 3.02. The number of benzene rings is 1. The molecule has 0 amide bonds. The average Bonchev–Trinajstić information content (AvgIpc) is 2.60. The highest BCUT2D eigenvalue weighted by molar-refractivity contribution is 6.30. The van der Waals surface area contributed by atoms with Gasteiger partial charge in [-0.05, 0) is 36.0 Å². The third kappa shape index (κ3) is 6.43. The molecule has 0 saturated heterocycles. The first-order chi connectivity index (χ1) is 11.5. The van der Waals surface area contributed by atoms with Crippen LogP contribution in [0.2, 0.25) is 5.02 Å². The number of unbranched alkanes of at least 4 members (excludes halogenated alkanes) is 2. The normalized spacial score (nSPS) is 16.7. The third-order valence-corrected chi connectivity index (χ3v) is 5.44. The Morgan fingerprint density at radius 2 is 1.75 bits per heavy atom. The van der Waals surface area contributed by atoms with Gasteiger partial charge < -0.3 is 4.79 Å². The minimum absolute atomic E-state index is 0.0392. The Labute approximate surface area is 153 Å². The van der Waals surface area contributed by atoms with Crippen molar-refractivity contribution in [1.29, 1.82) is 0 Å². The van der Waals surface area contributed by atoms with Crippen LogP contribution in [0.5, 0.6) is 0 Å². The molecular weight excluding hydrogens is 316 g/mol. The van der Waals surface area contributed by atoms with Crippen molar-refractivity contribution in [2.75, 3.05) is 0 Å². The first-order valence-corrected chi connectivity index (χ1v) is 9.74. The van der Waals surface area contributed by atoms with Crippen LogP contribution in [-0.4, -0.2) is 6.29 Å². The van der Waals surface area contributed by atoms with Crippen LogP contribution in [-0.2, 0) is 4.79 Å². The number of carbonyl (C=O) groups is 1. The van der Waals surface area contributed by atoms with E-state index >= 15 is 0 Å². The van der Waals surface area contributed by atoms with Gasteiger partial charge in [0.15, 0.2) is 0 Å². The second kappa shape index (κ2) is 10.7. The number of aldehydes is 1. The number of hydrogen-bond donors (Lipinski definition) is 0. The summed E-state index contributed by atoms with van der Waals surface area (Å²) in [6, 6.07) is 8.18. The molecule has 0 heterocycles. The summed E-state index contributed by atoms with van der Waals surface area (Å²) in [7, 11) is 0. The molecule has 0 N–H and O–H groups in total. The Hall–Kier alpha value is -1.08. The first kappa shape index (κ1) is 21.0. The van der Waals surface area contributed by atoms with Gasteiger partial charge in [-0.2, -0.15) is 0 Å². The van der Waals surface area contributed by atoms with E-state index in [1.807, 2.05) is 19.1 Å². The van der Waals surface area contributed by atoms with Crippen molar-refractivity contribution < 1.29 is 4.79 Å². The number of rotatable bonds is 11. The third-order valence-electron chi connectivity index (χ3n) is 5.19. The molecule has 134 valence electrons. The fraction of sp³-hybridized carbons (Fsp3) is 0.591. The Bertz CT molecular complexity index is 505. The van der Waals surface area contributed by atoms with Crippen LogP contribution in [0.15, 0.2) is 36.4 Å². The molecule has 0 spiro atoms. The SMILES string of the molecule is CCCC[C@@H](/C=C/[C@](C)(CCCC)[C@@H](C)C=O)c1ccc(Cl)cc1. The van der Waals surface area contributed by atoms with Gasteiger partial charge in [-0.3, -0.25) is 0 Å². The lowest BCUT2D eigenvalue weighted by Gasteiger charge is -2.30. The van der Waals surface area contributed by atoms with E-state index in [0.29, 0.717) is 5.92 Å². The van der Waals surface area contributed by atoms with Crippen LogP contribution < -0.4 is 0 Å². The maximum absolute atomic E-state index is 11.4. The molecule has 0 aliphatic carbocycles. The summed E-state index contributed by atoms with van der Waals surface area (Å²) >= 11 is 6.03. The number of hydrogen-bond acceptors (Lipinski definition) is 1. The van der Waals surface area contributed by atoms with Crippen LogP contribution in [0.1, 0.15) is 77.7 Å². The fourth-order valence-corrected chi connectivity index (χ4v) is 3.15. The molecule has 1 aromatic carbocycles. The molecule has 0 bridgehead atoms. The summed E-state index contributed by atoms with van der Waals surface area (Å²) in [5.41, 5.74) is 1.25. The minimum Gasteiger partial charge on any atom is -0.303 e. The molecule has 1 nitrogen and oxygen atoms in total. The molecule has 1 rings (SSSR count). The summed E-state index contributed by atoms with van der Waals surface area (Å²) in [5, 5.41) is 0.777.